The molecule has 1 aromatic rings. The number of hydrogen-bond donors (Lipinski definition) is 1. The highest BCUT2D eigenvalue weighted by atomic mass is 16.2. The van der Waals surface area contributed by atoms with Gasteiger partial charge in [-0.25, -0.2) is 0 Å². The van der Waals surface area contributed by atoms with Gasteiger partial charge in [0, 0.05) is 31.7 Å². The monoisotopic (exact) mass is 260 g/mol. The van der Waals surface area contributed by atoms with Crippen LogP contribution in [0.15, 0.2) is 24.3 Å². The second-order valence-electron chi connectivity index (χ2n) is 5.15. The molecule has 1 heterocycles. The number of carbonyl (C=O) groups excluding carboxylic acids is 2. The average molecular weight is 260 g/mol. The Bertz CT molecular complexity index is 460. The second-order valence-corrected chi connectivity index (χ2v) is 5.15. The highest BCUT2D eigenvalue weighted by Crippen LogP contribution is 2.15. The third kappa shape index (κ3) is 3.20. The Kier molecular flexibility index (Phi) is 4.32. The van der Waals surface area contributed by atoms with Crippen LogP contribution < -0.4 is 5.32 Å². The van der Waals surface area contributed by atoms with Gasteiger partial charge in [0.1, 0.15) is 0 Å². The molecule has 2 rings (SSSR count). The normalized spacial score (nSPS) is 15.6. The molecule has 0 bridgehead atoms. The van der Waals surface area contributed by atoms with E-state index in [2.05, 4.69) is 19.2 Å². The van der Waals surface area contributed by atoms with Crippen molar-refractivity contribution in [3.8, 4) is 0 Å². The molecule has 102 valence electrons. The number of benzene rings is 1. The summed E-state index contributed by atoms with van der Waals surface area (Å²) < 4.78 is 0. The predicted octanol–water partition coefficient (Wildman–Crippen LogP) is 1.42. The topological polar surface area (TPSA) is 49.4 Å². The molecular weight excluding hydrogens is 240 g/mol. The number of piperazine rings is 1. The van der Waals surface area contributed by atoms with Gasteiger partial charge in [-0.15, -0.1) is 0 Å². The van der Waals surface area contributed by atoms with Crippen molar-refractivity contribution < 1.29 is 9.59 Å². The number of rotatable bonds is 3. The molecule has 1 N–H and O–H groups in total. The highest BCUT2D eigenvalue weighted by molar-refractivity contribution is 6.42. The molecule has 1 fully saturated rings. The first kappa shape index (κ1) is 13.7. The van der Waals surface area contributed by atoms with Crippen molar-refractivity contribution in [3.63, 3.8) is 0 Å². The van der Waals surface area contributed by atoms with E-state index in [0.29, 0.717) is 24.6 Å². The summed E-state index contributed by atoms with van der Waals surface area (Å²) in [5, 5.41) is 3.16. The first-order chi connectivity index (χ1) is 9.09. The Morgan fingerprint density at radius 2 is 1.68 bits per heavy atom. The zero-order valence-electron chi connectivity index (χ0n) is 11.5. The molecule has 0 saturated carbocycles. The molecule has 0 spiro atoms. The Balaban J connectivity index is 2.08. The summed E-state index contributed by atoms with van der Waals surface area (Å²) in [5.74, 6) is -0.371. The van der Waals surface area contributed by atoms with Crippen molar-refractivity contribution in [1.82, 2.24) is 10.2 Å². The van der Waals surface area contributed by atoms with Crippen LogP contribution in [0.5, 0.6) is 0 Å². The number of hydrogen-bond acceptors (Lipinski definition) is 3. The second kappa shape index (κ2) is 5.97. The summed E-state index contributed by atoms with van der Waals surface area (Å²) in [6, 6.07) is 7.33. The molecule has 19 heavy (non-hydrogen) atoms. The van der Waals surface area contributed by atoms with E-state index in [1.807, 2.05) is 12.1 Å². The Labute approximate surface area is 113 Å². The maximum atomic E-state index is 12.1. The number of nitrogens with one attached hydrogen (secondary N) is 1. The van der Waals surface area contributed by atoms with E-state index >= 15 is 0 Å². The minimum Gasteiger partial charge on any atom is -0.333 e. The minimum atomic E-state index is -0.405. The van der Waals surface area contributed by atoms with Crippen molar-refractivity contribution in [2.45, 2.75) is 19.8 Å². The Hall–Kier alpha value is -1.68. The van der Waals surface area contributed by atoms with E-state index in [0.717, 1.165) is 13.1 Å². The lowest BCUT2D eigenvalue weighted by atomic mass is 10.00. The number of amides is 1. The molecular formula is C15H20N2O2. The molecule has 0 aromatic heterocycles. The predicted molar refractivity (Wildman–Crippen MR) is 74.3 cm³/mol. The smallest absolute Gasteiger partial charge is 0.295 e. The third-order valence-corrected chi connectivity index (χ3v) is 3.44. The van der Waals surface area contributed by atoms with E-state index < -0.39 is 11.7 Å². The van der Waals surface area contributed by atoms with E-state index in [-0.39, 0.29) is 0 Å². The standard InChI is InChI=1S/C15H20N2O2/c1-11(2)12-3-5-13(6-4-12)14(18)15(19)17-9-7-16-8-10-17/h3-6,11,16H,7-10H2,1-2H3. The van der Waals surface area contributed by atoms with E-state index in [1.165, 1.54) is 5.56 Å². The Morgan fingerprint density at radius 1 is 1.11 bits per heavy atom. The lowest BCUT2D eigenvalue weighted by Crippen LogP contribution is -2.48. The molecule has 1 amide bonds. The maximum absolute atomic E-state index is 12.1. The fraction of sp³-hybridized carbons (Fsp3) is 0.467. The van der Waals surface area contributed by atoms with Crippen molar-refractivity contribution in [1.29, 1.82) is 0 Å². The summed E-state index contributed by atoms with van der Waals surface area (Å²) in [4.78, 5) is 25.8. The zero-order valence-corrected chi connectivity index (χ0v) is 11.5. The van der Waals surface area contributed by atoms with Crippen LogP contribution in [-0.2, 0) is 4.79 Å². The first-order valence-corrected chi connectivity index (χ1v) is 6.74. The molecule has 1 saturated heterocycles. The van der Waals surface area contributed by atoms with Crippen molar-refractivity contribution in [3.05, 3.63) is 35.4 Å². The molecule has 0 aliphatic carbocycles. The fourth-order valence-corrected chi connectivity index (χ4v) is 2.15. The van der Waals surface area contributed by atoms with Gasteiger partial charge in [-0.3, -0.25) is 9.59 Å². The van der Waals surface area contributed by atoms with E-state index in [4.69, 9.17) is 0 Å². The summed E-state index contributed by atoms with van der Waals surface area (Å²) in [7, 11) is 0. The van der Waals surface area contributed by atoms with Gasteiger partial charge >= 0.3 is 0 Å². The highest BCUT2D eigenvalue weighted by Gasteiger charge is 2.24. The first-order valence-electron chi connectivity index (χ1n) is 6.74. The van der Waals surface area contributed by atoms with Crippen LogP contribution in [0.3, 0.4) is 0 Å². The maximum Gasteiger partial charge on any atom is 0.295 e. The molecule has 4 nitrogen and oxygen atoms in total. The number of Topliss-reactive ketones (excluding diaryl/α,β-unsaturated/α-hetero) is 1. The van der Waals surface area contributed by atoms with Crippen LogP contribution >= 0.6 is 0 Å². The van der Waals surface area contributed by atoms with Gasteiger partial charge in [-0.05, 0) is 11.5 Å². The lowest BCUT2D eigenvalue weighted by Gasteiger charge is -2.26. The molecule has 0 atom stereocenters. The van der Waals surface area contributed by atoms with Crippen LogP contribution in [0.4, 0.5) is 0 Å². The summed E-state index contributed by atoms with van der Waals surface area (Å²) in [6.07, 6.45) is 0. The summed E-state index contributed by atoms with van der Waals surface area (Å²) in [5.41, 5.74) is 1.65. The van der Waals surface area contributed by atoms with Crippen LogP contribution in [0.2, 0.25) is 0 Å². The summed E-state index contributed by atoms with van der Waals surface area (Å²) >= 11 is 0. The molecule has 1 aliphatic heterocycles. The quantitative estimate of drug-likeness (QED) is 0.660. The largest absolute Gasteiger partial charge is 0.333 e. The van der Waals surface area contributed by atoms with Gasteiger partial charge < -0.3 is 10.2 Å². The number of carbonyl (C=O) groups is 2. The van der Waals surface area contributed by atoms with Gasteiger partial charge in [0.15, 0.2) is 0 Å². The molecule has 0 unspecified atom stereocenters. The van der Waals surface area contributed by atoms with E-state index in [9.17, 15) is 9.59 Å². The number of nitrogens with zero attached hydrogens (tertiary/aromatic N) is 1. The van der Waals surface area contributed by atoms with Gasteiger partial charge in [0.05, 0.1) is 0 Å². The van der Waals surface area contributed by atoms with Crippen LogP contribution in [-0.4, -0.2) is 42.8 Å². The zero-order chi connectivity index (χ0) is 13.8. The van der Waals surface area contributed by atoms with Crippen molar-refractivity contribution in [2.24, 2.45) is 0 Å². The summed E-state index contributed by atoms with van der Waals surface area (Å²) in [6.45, 7) is 6.92. The molecule has 0 radical (unpaired) electrons. The average Bonchev–Trinajstić information content (AvgIpc) is 2.46. The van der Waals surface area contributed by atoms with Crippen LogP contribution in [0, 0.1) is 0 Å². The van der Waals surface area contributed by atoms with Gasteiger partial charge in [-0.1, -0.05) is 38.1 Å². The van der Waals surface area contributed by atoms with Crippen molar-refractivity contribution >= 4 is 11.7 Å². The van der Waals surface area contributed by atoms with Gasteiger partial charge in [0.2, 0.25) is 5.78 Å². The van der Waals surface area contributed by atoms with Crippen molar-refractivity contribution in [2.75, 3.05) is 26.2 Å². The van der Waals surface area contributed by atoms with Gasteiger partial charge in [-0.2, -0.15) is 0 Å². The molecule has 1 aliphatic rings. The number of ketones is 1. The minimum absolute atomic E-state index is 0.390. The SMILES string of the molecule is CC(C)c1ccc(C(=O)C(=O)N2CCNCC2)cc1. The van der Waals surface area contributed by atoms with Crippen LogP contribution in [0.1, 0.15) is 35.7 Å². The molecule has 4 heteroatoms. The van der Waals surface area contributed by atoms with Gasteiger partial charge in [0.25, 0.3) is 5.91 Å². The molecule has 1 aromatic carbocycles. The fourth-order valence-electron chi connectivity index (χ4n) is 2.15. The van der Waals surface area contributed by atoms with Crippen LogP contribution in [0.25, 0.3) is 0 Å². The lowest BCUT2D eigenvalue weighted by molar-refractivity contribution is -0.126. The Morgan fingerprint density at radius 3 is 2.21 bits per heavy atom. The third-order valence-electron chi connectivity index (χ3n) is 3.44. The van der Waals surface area contributed by atoms with E-state index in [1.54, 1.807) is 17.0 Å².